The fraction of sp³-hybridized carbons (Fsp3) is 0.364. The summed E-state index contributed by atoms with van der Waals surface area (Å²) in [5, 5.41) is 10.4. The van der Waals surface area contributed by atoms with Gasteiger partial charge >= 0.3 is 0 Å². The number of hydrogen-bond acceptors (Lipinski definition) is 3. The van der Waals surface area contributed by atoms with Crippen molar-refractivity contribution in [2.24, 2.45) is 5.41 Å². The van der Waals surface area contributed by atoms with Gasteiger partial charge in [0, 0.05) is 28.5 Å². The molecule has 0 aromatic heterocycles. The van der Waals surface area contributed by atoms with Gasteiger partial charge in [0.05, 0.1) is 0 Å². The average molecular weight is 404 g/mol. The van der Waals surface area contributed by atoms with E-state index in [9.17, 15) is 19.1 Å². The second kappa shape index (κ2) is 7.64. The monoisotopic (exact) mass is 403 g/mol. The Morgan fingerprint density at radius 2 is 1.86 bits per heavy atom. The van der Waals surface area contributed by atoms with Crippen molar-refractivity contribution < 1.29 is 19.1 Å². The zero-order valence-corrected chi connectivity index (χ0v) is 16.8. The Hall–Kier alpha value is -2.24. The number of aliphatic hydroxyl groups is 1. The number of benzene rings is 2. The Bertz CT molecular complexity index is 905. The summed E-state index contributed by atoms with van der Waals surface area (Å²) in [7, 11) is 0. The first-order chi connectivity index (χ1) is 13.1. The van der Waals surface area contributed by atoms with Gasteiger partial charge in [-0.3, -0.25) is 14.5 Å². The van der Waals surface area contributed by atoms with E-state index in [1.807, 2.05) is 12.1 Å². The normalized spacial score (nSPS) is 19.9. The molecule has 0 aliphatic carbocycles. The highest BCUT2D eigenvalue weighted by Gasteiger charge is 2.45. The summed E-state index contributed by atoms with van der Waals surface area (Å²) in [6, 6.07) is 11.2. The molecule has 0 saturated carbocycles. The van der Waals surface area contributed by atoms with Gasteiger partial charge in [0.2, 0.25) is 5.91 Å². The van der Waals surface area contributed by atoms with Crippen LogP contribution in [0.15, 0.2) is 42.5 Å². The molecule has 0 bridgehead atoms. The first-order valence-corrected chi connectivity index (χ1v) is 9.55. The van der Waals surface area contributed by atoms with Gasteiger partial charge in [-0.1, -0.05) is 56.6 Å². The number of hydrogen-bond donors (Lipinski definition) is 1. The van der Waals surface area contributed by atoms with Crippen LogP contribution in [0.3, 0.4) is 0 Å². The lowest BCUT2D eigenvalue weighted by atomic mass is 9.93. The highest BCUT2D eigenvalue weighted by molar-refractivity contribution is 6.30. The van der Waals surface area contributed by atoms with Crippen molar-refractivity contribution in [3.63, 3.8) is 0 Å². The van der Waals surface area contributed by atoms with Crippen LogP contribution >= 0.6 is 11.6 Å². The van der Waals surface area contributed by atoms with E-state index in [-0.39, 0.29) is 18.1 Å². The van der Waals surface area contributed by atoms with Crippen molar-refractivity contribution in [3.05, 3.63) is 58.9 Å². The third-order valence-corrected chi connectivity index (χ3v) is 5.14. The summed E-state index contributed by atoms with van der Waals surface area (Å²) >= 11 is 5.96. The van der Waals surface area contributed by atoms with Crippen LogP contribution in [0.1, 0.15) is 32.8 Å². The van der Waals surface area contributed by atoms with E-state index in [2.05, 4.69) is 0 Å². The van der Waals surface area contributed by atoms with Gasteiger partial charge < -0.3 is 5.11 Å². The molecule has 1 saturated heterocycles. The lowest BCUT2D eigenvalue weighted by Crippen LogP contribution is -2.46. The summed E-state index contributed by atoms with van der Waals surface area (Å²) < 4.78 is 14.1. The SMILES string of the molecule is CC(C)(C)C(=O)N1C(=O)[C@H](O)C[C@H]1Cc1ccc(-c2cc(Cl)ccc2F)cc1. The zero-order chi connectivity index (χ0) is 20.6. The largest absolute Gasteiger partial charge is 0.383 e. The van der Waals surface area contributed by atoms with Gasteiger partial charge in [-0.2, -0.15) is 0 Å². The van der Waals surface area contributed by atoms with Crippen molar-refractivity contribution in [2.75, 3.05) is 0 Å². The topological polar surface area (TPSA) is 57.6 Å². The maximum absolute atomic E-state index is 14.1. The van der Waals surface area contributed by atoms with Crippen molar-refractivity contribution in [3.8, 4) is 11.1 Å². The number of halogens is 2. The molecular formula is C22H23ClFNO3. The lowest BCUT2D eigenvalue weighted by molar-refractivity contribution is -0.151. The Labute approximate surface area is 168 Å². The molecule has 2 amide bonds. The molecule has 0 unspecified atom stereocenters. The number of amides is 2. The second-order valence-corrected chi connectivity index (χ2v) is 8.63. The van der Waals surface area contributed by atoms with Gasteiger partial charge in [-0.05, 0) is 35.7 Å². The van der Waals surface area contributed by atoms with Crippen LogP contribution in [0.5, 0.6) is 0 Å². The van der Waals surface area contributed by atoms with Gasteiger partial charge in [-0.25, -0.2) is 4.39 Å². The highest BCUT2D eigenvalue weighted by Crippen LogP contribution is 2.30. The molecule has 0 spiro atoms. The predicted molar refractivity (Wildman–Crippen MR) is 106 cm³/mol. The molecule has 2 atom stereocenters. The number of carbonyl (C=O) groups is 2. The maximum atomic E-state index is 14.1. The minimum atomic E-state index is -1.16. The molecule has 148 valence electrons. The summed E-state index contributed by atoms with van der Waals surface area (Å²) in [6.07, 6.45) is -0.509. The van der Waals surface area contributed by atoms with E-state index in [1.54, 1.807) is 39.0 Å². The van der Waals surface area contributed by atoms with E-state index < -0.39 is 23.5 Å². The van der Waals surface area contributed by atoms with Crippen molar-refractivity contribution in [1.82, 2.24) is 4.90 Å². The fourth-order valence-electron chi connectivity index (χ4n) is 3.42. The van der Waals surface area contributed by atoms with Crippen LogP contribution in [-0.4, -0.2) is 34.0 Å². The molecule has 1 fully saturated rings. The molecule has 0 radical (unpaired) electrons. The molecule has 2 aromatic carbocycles. The number of imide groups is 1. The third kappa shape index (κ3) is 4.10. The Kier molecular flexibility index (Phi) is 5.60. The number of aliphatic hydroxyl groups excluding tert-OH is 1. The van der Waals surface area contributed by atoms with Crippen molar-refractivity contribution in [1.29, 1.82) is 0 Å². The fourth-order valence-corrected chi connectivity index (χ4v) is 3.59. The summed E-state index contributed by atoms with van der Waals surface area (Å²) in [5.74, 6) is -1.19. The second-order valence-electron chi connectivity index (χ2n) is 8.19. The van der Waals surface area contributed by atoms with Crippen LogP contribution in [0, 0.1) is 11.2 Å². The summed E-state index contributed by atoms with van der Waals surface area (Å²) in [5.41, 5.74) is 1.28. The van der Waals surface area contributed by atoms with Crippen molar-refractivity contribution in [2.45, 2.75) is 45.8 Å². The van der Waals surface area contributed by atoms with Crippen LogP contribution in [0.2, 0.25) is 5.02 Å². The maximum Gasteiger partial charge on any atom is 0.258 e. The minimum absolute atomic E-state index is 0.214. The smallest absolute Gasteiger partial charge is 0.258 e. The highest BCUT2D eigenvalue weighted by atomic mass is 35.5. The van der Waals surface area contributed by atoms with Gasteiger partial charge in [0.25, 0.3) is 5.91 Å². The summed E-state index contributed by atoms with van der Waals surface area (Å²) in [6.45, 7) is 5.25. The van der Waals surface area contributed by atoms with E-state index in [0.29, 0.717) is 22.6 Å². The lowest BCUT2D eigenvalue weighted by Gasteiger charge is -2.29. The molecule has 28 heavy (non-hydrogen) atoms. The standard InChI is InChI=1S/C22H23ClFNO3/c1-22(2,3)21(28)25-16(12-19(26)20(25)27)10-13-4-6-14(7-5-13)17-11-15(23)8-9-18(17)24/h4-9,11,16,19,26H,10,12H2,1-3H3/t16-,19-/m1/s1. The van der Waals surface area contributed by atoms with Crippen LogP contribution < -0.4 is 0 Å². The molecule has 2 aromatic rings. The van der Waals surface area contributed by atoms with E-state index in [1.165, 1.54) is 17.0 Å². The van der Waals surface area contributed by atoms with E-state index in [0.717, 1.165) is 5.56 Å². The van der Waals surface area contributed by atoms with Crippen LogP contribution in [-0.2, 0) is 16.0 Å². The predicted octanol–water partition coefficient (Wildman–Crippen LogP) is 4.22. The molecule has 4 nitrogen and oxygen atoms in total. The molecule has 1 aliphatic heterocycles. The Morgan fingerprint density at radius 1 is 1.21 bits per heavy atom. The van der Waals surface area contributed by atoms with Gasteiger partial charge in [0.15, 0.2) is 0 Å². The molecule has 1 N–H and O–H groups in total. The average Bonchev–Trinajstić information content (AvgIpc) is 2.90. The first kappa shape index (κ1) is 20.5. The van der Waals surface area contributed by atoms with Gasteiger partial charge in [0.1, 0.15) is 11.9 Å². The Morgan fingerprint density at radius 3 is 2.46 bits per heavy atom. The minimum Gasteiger partial charge on any atom is -0.383 e. The molecule has 1 aliphatic rings. The molecule has 3 rings (SSSR count). The first-order valence-electron chi connectivity index (χ1n) is 9.18. The third-order valence-electron chi connectivity index (χ3n) is 4.91. The number of nitrogens with zero attached hydrogens (tertiary/aromatic N) is 1. The van der Waals surface area contributed by atoms with Crippen LogP contribution in [0.25, 0.3) is 11.1 Å². The van der Waals surface area contributed by atoms with Gasteiger partial charge in [-0.15, -0.1) is 0 Å². The van der Waals surface area contributed by atoms with E-state index >= 15 is 0 Å². The Balaban J connectivity index is 1.82. The number of carbonyl (C=O) groups excluding carboxylic acids is 2. The zero-order valence-electron chi connectivity index (χ0n) is 16.1. The summed E-state index contributed by atoms with van der Waals surface area (Å²) in [4.78, 5) is 26.2. The van der Waals surface area contributed by atoms with E-state index in [4.69, 9.17) is 11.6 Å². The quantitative estimate of drug-likeness (QED) is 0.834. The molecule has 6 heteroatoms. The van der Waals surface area contributed by atoms with Crippen LogP contribution in [0.4, 0.5) is 4.39 Å². The number of likely N-dealkylation sites (tertiary alicyclic amines) is 1. The number of rotatable bonds is 3. The molecule has 1 heterocycles. The molecular weight excluding hydrogens is 381 g/mol. The van der Waals surface area contributed by atoms with Crippen molar-refractivity contribution >= 4 is 23.4 Å².